The van der Waals surface area contributed by atoms with Gasteiger partial charge in [0.25, 0.3) is 0 Å². The number of esters is 1. The van der Waals surface area contributed by atoms with Crippen molar-refractivity contribution in [2.45, 2.75) is 47.1 Å². The first kappa shape index (κ1) is 22.2. The van der Waals surface area contributed by atoms with Crippen molar-refractivity contribution < 1.29 is 29.2 Å². The number of benzene rings is 2. The minimum absolute atomic E-state index is 0.0384. The quantitative estimate of drug-likeness (QED) is 0.638. The fraction of sp³-hybridized carbons (Fsp3) is 0.435. The van der Waals surface area contributed by atoms with E-state index in [0.29, 0.717) is 40.3 Å². The summed E-state index contributed by atoms with van der Waals surface area (Å²) in [6.45, 7) is 7.40. The van der Waals surface area contributed by atoms with E-state index in [9.17, 15) is 15.0 Å². The Morgan fingerprint density at radius 1 is 1.23 bits per heavy atom. The molecule has 0 aromatic heterocycles. The van der Waals surface area contributed by atoms with E-state index in [1.807, 2.05) is 19.9 Å². The molecule has 0 unspecified atom stereocenters. The number of hydrogen-bond donors (Lipinski definition) is 2. The van der Waals surface area contributed by atoms with Gasteiger partial charge in [-0.1, -0.05) is 31.5 Å². The molecule has 1 heterocycles. The van der Waals surface area contributed by atoms with Crippen molar-refractivity contribution in [2.75, 3.05) is 13.7 Å². The first-order valence-corrected chi connectivity index (χ1v) is 10.1. The van der Waals surface area contributed by atoms with Crippen LogP contribution in [-0.2, 0) is 17.8 Å². The molecular formula is C23H27ClO6. The molecule has 0 fully saturated rings. The molecule has 30 heavy (non-hydrogen) atoms. The van der Waals surface area contributed by atoms with Crippen molar-refractivity contribution in [3.63, 3.8) is 0 Å². The van der Waals surface area contributed by atoms with Crippen molar-refractivity contribution in [3.05, 3.63) is 45.0 Å². The van der Waals surface area contributed by atoms with Gasteiger partial charge in [-0.05, 0) is 54.9 Å². The number of methoxy groups -OCH3 is 1. The molecule has 0 atom stereocenters. The second kappa shape index (κ2) is 8.36. The minimum Gasteiger partial charge on any atom is -0.504 e. The number of fused-ring (bicyclic) bond motifs is 2. The number of aliphatic hydroxyl groups excluding tert-OH is 1. The highest BCUT2D eigenvalue weighted by atomic mass is 35.5. The lowest BCUT2D eigenvalue weighted by molar-refractivity contribution is 0.0454. The summed E-state index contributed by atoms with van der Waals surface area (Å²) in [5.74, 6) is 0.128. The Morgan fingerprint density at radius 3 is 2.57 bits per heavy atom. The molecule has 2 aromatic rings. The Hall–Kier alpha value is -2.44. The summed E-state index contributed by atoms with van der Waals surface area (Å²) in [5, 5.41) is 20.6. The van der Waals surface area contributed by atoms with Crippen LogP contribution in [0, 0.1) is 19.3 Å². The molecule has 0 bridgehead atoms. The molecule has 162 valence electrons. The number of aryl methyl sites for hydroxylation is 1. The lowest BCUT2D eigenvalue weighted by Crippen LogP contribution is -2.18. The normalized spacial score (nSPS) is 13.5. The van der Waals surface area contributed by atoms with E-state index in [0.717, 1.165) is 5.56 Å². The maximum absolute atomic E-state index is 12.9. The number of cyclic esters (lactones) is 1. The molecular weight excluding hydrogens is 408 g/mol. The topological polar surface area (TPSA) is 85.2 Å². The van der Waals surface area contributed by atoms with Gasteiger partial charge in [-0.15, -0.1) is 0 Å². The third-order valence-corrected chi connectivity index (χ3v) is 6.18. The SMILES string of the molecule is COc1c(CCC(C)(C)CO)ccc2c1C(=O)OCc1c(Cl)c(C)c(C)c(O)c1O2. The predicted octanol–water partition coefficient (Wildman–Crippen LogP) is 5.08. The van der Waals surface area contributed by atoms with Gasteiger partial charge in [0, 0.05) is 6.61 Å². The van der Waals surface area contributed by atoms with Crippen LogP contribution in [-0.4, -0.2) is 29.9 Å². The summed E-state index contributed by atoms with van der Waals surface area (Å²) in [6, 6.07) is 3.48. The highest BCUT2D eigenvalue weighted by Gasteiger charge is 2.30. The van der Waals surface area contributed by atoms with Gasteiger partial charge < -0.3 is 24.4 Å². The molecule has 0 amide bonds. The third-order valence-electron chi connectivity index (χ3n) is 5.67. The van der Waals surface area contributed by atoms with E-state index in [-0.39, 0.29) is 41.4 Å². The number of aliphatic hydroxyl groups is 1. The fourth-order valence-electron chi connectivity index (χ4n) is 3.41. The Balaban J connectivity index is 2.11. The van der Waals surface area contributed by atoms with Gasteiger partial charge in [0.15, 0.2) is 11.5 Å². The summed E-state index contributed by atoms with van der Waals surface area (Å²) in [7, 11) is 1.48. The highest BCUT2D eigenvalue weighted by molar-refractivity contribution is 6.32. The van der Waals surface area contributed by atoms with E-state index in [1.54, 1.807) is 19.9 Å². The van der Waals surface area contributed by atoms with Crippen LogP contribution in [0.3, 0.4) is 0 Å². The van der Waals surface area contributed by atoms with Crippen LogP contribution in [0.5, 0.6) is 23.0 Å². The van der Waals surface area contributed by atoms with Gasteiger partial charge in [0.05, 0.1) is 17.7 Å². The number of phenolic OH excluding ortho intramolecular Hbond substituents is 1. The Bertz CT molecular complexity index is 996. The summed E-state index contributed by atoms with van der Waals surface area (Å²) >= 11 is 6.44. The zero-order valence-corrected chi connectivity index (χ0v) is 18.6. The van der Waals surface area contributed by atoms with Crippen molar-refractivity contribution in [2.24, 2.45) is 5.41 Å². The molecule has 1 aliphatic heterocycles. The van der Waals surface area contributed by atoms with Gasteiger partial charge in [0.2, 0.25) is 0 Å². The van der Waals surface area contributed by atoms with E-state index >= 15 is 0 Å². The predicted molar refractivity (Wildman–Crippen MR) is 114 cm³/mol. The molecule has 1 aliphatic rings. The molecule has 6 nitrogen and oxygen atoms in total. The number of rotatable bonds is 5. The fourth-order valence-corrected chi connectivity index (χ4v) is 3.69. The summed E-state index contributed by atoms with van der Waals surface area (Å²) < 4.78 is 17.1. The molecule has 0 saturated carbocycles. The largest absolute Gasteiger partial charge is 0.504 e. The van der Waals surface area contributed by atoms with Crippen LogP contribution in [0.2, 0.25) is 5.02 Å². The molecule has 2 aromatic carbocycles. The number of carbonyl (C=O) groups is 1. The van der Waals surface area contributed by atoms with Crippen molar-refractivity contribution in [1.29, 1.82) is 0 Å². The first-order valence-electron chi connectivity index (χ1n) is 9.77. The highest BCUT2D eigenvalue weighted by Crippen LogP contribution is 2.47. The lowest BCUT2D eigenvalue weighted by atomic mass is 9.86. The number of ether oxygens (including phenoxy) is 3. The average molecular weight is 435 g/mol. The number of hydrogen-bond acceptors (Lipinski definition) is 6. The Morgan fingerprint density at radius 2 is 1.93 bits per heavy atom. The van der Waals surface area contributed by atoms with Crippen molar-refractivity contribution in [1.82, 2.24) is 0 Å². The number of halogens is 1. The van der Waals surface area contributed by atoms with Gasteiger partial charge in [-0.3, -0.25) is 0 Å². The zero-order valence-electron chi connectivity index (χ0n) is 17.9. The van der Waals surface area contributed by atoms with Gasteiger partial charge in [0.1, 0.15) is 23.7 Å². The Kier molecular flexibility index (Phi) is 6.20. The van der Waals surface area contributed by atoms with Crippen LogP contribution in [0.15, 0.2) is 12.1 Å². The molecule has 0 radical (unpaired) electrons. The molecule has 0 saturated heterocycles. The summed E-state index contributed by atoms with van der Waals surface area (Å²) in [5.41, 5.74) is 2.43. The zero-order chi connectivity index (χ0) is 22.2. The van der Waals surface area contributed by atoms with E-state index in [2.05, 4.69) is 0 Å². The van der Waals surface area contributed by atoms with Crippen LogP contribution < -0.4 is 9.47 Å². The summed E-state index contributed by atoms with van der Waals surface area (Å²) in [4.78, 5) is 12.9. The van der Waals surface area contributed by atoms with Gasteiger partial charge in [-0.2, -0.15) is 0 Å². The molecule has 0 spiro atoms. The molecule has 7 heteroatoms. The monoisotopic (exact) mass is 434 g/mol. The molecule has 2 N–H and O–H groups in total. The molecule has 0 aliphatic carbocycles. The smallest absolute Gasteiger partial charge is 0.346 e. The maximum Gasteiger partial charge on any atom is 0.346 e. The first-order chi connectivity index (χ1) is 14.1. The van der Waals surface area contributed by atoms with Crippen LogP contribution in [0.1, 0.15) is 52.9 Å². The summed E-state index contributed by atoms with van der Waals surface area (Å²) in [6.07, 6.45) is 1.30. The second-order valence-corrected chi connectivity index (χ2v) is 8.73. The number of phenols is 1. The second-order valence-electron chi connectivity index (χ2n) is 8.35. The third kappa shape index (κ3) is 3.94. The van der Waals surface area contributed by atoms with E-state index < -0.39 is 5.97 Å². The maximum atomic E-state index is 12.9. The van der Waals surface area contributed by atoms with Crippen LogP contribution in [0.4, 0.5) is 0 Å². The van der Waals surface area contributed by atoms with E-state index in [4.69, 9.17) is 25.8 Å². The van der Waals surface area contributed by atoms with E-state index in [1.165, 1.54) is 7.11 Å². The lowest BCUT2D eigenvalue weighted by Gasteiger charge is -2.25. The van der Waals surface area contributed by atoms with Crippen LogP contribution in [0.25, 0.3) is 0 Å². The minimum atomic E-state index is -0.593. The van der Waals surface area contributed by atoms with Crippen LogP contribution >= 0.6 is 11.6 Å². The van der Waals surface area contributed by atoms with Gasteiger partial charge >= 0.3 is 5.97 Å². The molecule has 3 rings (SSSR count). The van der Waals surface area contributed by atoms with Crippen molar-refractivity contribution >= 4 is 17.6 Å². The standard InChI is InChI=1S/C23H27ClO6/c1-12-13(2)19(26)21-15(18(12)24)10-29-22(27)17-16(30-21)7-6-14(20(17)28-5)8-9-23(3,4)11-25/h6-7,25-26H,8-11H2,1-5H3. The van der Waals surface area contributed by atoms with Crippen molar-refractivity contribution in [3.8, 4) is 23.0 Å². The number of aromatic hydroxyl groups is 1. The number of carbonyl (C=O) groups excluding carboxylic acids is 1. The Labute approximate surface area is 181 Å². The van der Waals surface area contributed by atoms with Gasteiger partial charge in [-0.25, -0.2) is 4.79 Å². The average Bonchev–Trinajstić information content (AvgIpc) is 2.72.